The number of halogens is 2. The van der Waals surface area contributed by atoms with Crippen LogP contribution in [0.2, 0.25) is 0 Å². The molecule has 2 aromatic heterocycles. The minimum Gasteiger partial charge on any atom is -0.227 e. The van der Waals surface area contributed by atoms with Crippen molar-refractivity contribution in [2.75, 3.05) is 0 Å². The zero-order valence-corrected chi connectivity index (χ0v) is 7.75. The van der Waals surface area contributed by atoms with E-state index < -0.39 is 5.95 Å². The highest BCUT2D eigenvalue weighted by Gasteiger charge is 2.02. The first-order valence-electron chi connectivity index (χ1n) is 2.95. The molecule has 0 saturated carbocycles. The average molecular weight is 232 g/mol. The molecule has 0 bridgehead atoms. The molecule has 1 nitrogen and oxygen atoms in total. The highest BCUT2D eigenvalue weighted by Crippen LogP contribution is 2.29. The third-order valence-corrected chi connectivity index (χ3v) is 3.27. The van der Waals surface area contributed by atoms with Crippen LogP contribution in [0.3, 0.4) is 0 Å². The van der Waals surface area contributed by atoms with Gasteiger partial charge in [0.2, 0.25) is 5.95 Å². The molecule has 2 heterocycles. The summed E-state index contributed by atoms with van der Waals surface area (Å²) in [7, 11) is 0. The predicted octanol–water partition coefficient (Wildman–Crippen LogP) is 3.20. The molecule has 2 aromatic rings. The molecule has 0 radical (unpaired) electrons. The molecule has 56 valence electrons. The van der Waals surface area contributed by atoms with Crippen molar-refractivity contribution in [2.45, 2.75) is 0 Å². The number of hydrogen-bond donors (Lipinski definition) is 0. The van der Waals surface area contributed by atoms with Crippen LogP contribution in [-0.4, -0.2) is 4.98 Å². The first-order chi connectivity index (χ1) is 5.27. The summed E-state index contributed by atoms with van der Waals surface area (Å²) in [5.74, 6) is -0.434. The second-order valence-corrected chi connectivity index (χ2v) is 3.85. The Kier molecular flexibility index (Phi) is 1.65. The lowest BCUT2D eigenvalue weighted by molar-refractivity contribution is 0.586. The molecule has 0 fully saturated rings. The first kappa shape index (κ1) is 7.18. The number of hydrogen-bond acceptors (Lipinski definition) is 2. The number of rotatable bonds is 0. The molecule has 0 aliphatic heterocycles. The summed E-state index contributed by atoms with van der Waals surface area (Å²) >= 11 is 4.86. The van der Waals surface area contributed by atoms with Gasteiger partial charge in [0, 0.05) is 27.5 Å². The van der Waals surface area contributed by atoms with Gasteiger partial charge in [-0.1, -0.05) is 0 Å². The lowest BCUT2D eigenvalue weighted by atomic mass is 10.3. The van der Waals surface area contributed by atoms with Crippen molar-refractivity contribution >= 4 is 37.4 Å². The van der Waals surface area contributed by atoms with Gasteiger partial charge in [-0.15, -0.1) is 11.3 Å². The third kappa shape index (κ3) is 1.16. The van der Waals surface area contributed by atoms with Gasteiger partial charge in [0.15, 0.2) is 0 Å². The molecular weight excluding hydrogens is 229 g/mol. The second-order valence-electron chi connectivity index (χ2n) is 2.09. The van der Waals surface area contributed by atoms with Gasteiger partial charge in [-0.25, -0.2) is 4.98 Å². The summed E-state index contributed by atoms with van der Waals surface area (Å²) < 4.78 is 14.5. The van der Waals surface area contributed by atoms with E-state index in [0.717, 1.165) is 14.6 Å². The molecular formula is C7H3BrFNS. The average Bonchev–Trinajstić information content (AvgIpc) is 2.33. The Labute approximate surface area is 75.0 Å². The van der Waals surface area contributed by atoms with E-state index in [-0.39, 0.29) is 0 Å². The molecule has 0 amide bonds. The second kappa shape index (κ2) is 2.53. The van der Waals surface area contributed by atoms with Crippen molar-refractivity contribution < 1.29 is 4.39 Å². The summed E-state index contributed by atoms with van der Waals surface area (Å²) in [5.41, 5.74) is 0. The first-order valence-corrected chi connectivity index (χ1v) is 4.63. The van der Waals surface area contributed by atoms with E-state index in [9.17, 15) is 4.39 Å². The largest absolute Gasteiger partial charge is 0.227 e. The number of pyridine rings is 1. The van der Waals surface area contributed by atoms with Crippen molar-refractivity contribution in [3.8, 4) is 0 Å². The van der Waals surface area contributed by atoms with E-state index in [1.165, 1.54) is 6.07 Å². The van der Waals surface area contributed by atoms with Crippen LogP contribution >= 0.6 is 27.3 Å². The Morgan fingerprint density at radius 2 is 2.36 bits per heavy atom. The minimum absolute atomic E-state index is 0.434. The number of fused-ring (bicyclic) bond motifs is 1. The van der Waals surface area contributed by atoms with Gasteiger partial charge in [0.25, 0.3) is 0 Å². The molecule has 0 N–H and O–H groups in total. The predicted molar refractivity (Wildman–Crippen MR) is 47.3 cm³/mol. The van der Waals surface area contributed by atoms with Crippen LogP contribution in [0, 0.1) is 5.95 Å². The summed E-state index contributed by atoms with van der Waals surface area (Å²) in [6.45, 7) is 0. The van der Waals surface area contributed by atoms with E-state index in [2.05, 4.69) is 20.9 Å². The van der Waals surface area contributed by atoms with Gasteiger partial charge < -0.3 is 0 Å². The van der Waals surface area contributed by atoms with Crippen LogP contribution in [0.15, 0.2) is 22.1 Å². The van der Waals surface area contributed by atoms with Gasteiger partial charge in [0.05, 0.1) is 4.70 Å². The van der Waals surface area contributed by atoms with E-state index >= 15 is 0 Å². The fourth-order valence-electron chi connectivity index (χ4n) is 0.877. The van der Waals surface area contributed by atoms with Crippen molar-refractivity contribution in [2.24, 2.45) is 0 Å². The summed E-state index contributed by atoms with van der Waals surface area (Å²) in [6.07, 6.45) is 1.54. The number of nitrogens with zero attached hydrogens (tertiary/aromatic N) is 1. The SMILES string of the molecule is Fc1cc2c(Br)csc2cn1. The van der Waals surface area contributed by atoms with E-state index in [0.29, 0.717) is 0 Å². The van der Waals surface area contributed by atoms with Gasteiger partial charge >= 0.3 is 0 Å². The number of aromatic nitrogens is 1. The third-order valence-electron chi connectivity index (χ3n) is 1.38. The number of thiophene rings is 1. The van der Waals surface area contributed by atoms with Crippen LogP contribution in [0.5, 0.6) is 0 Å². The minimum atomic E-state index is -0.434. The molecule has 0 spiro atoms. The fraction of sp³-hybridized carbons (Fsp3) is 0. The fourth-order valence-corrected chi connectivity index (χ4v) is 2.38. The van der Waals surface area contributed by atoms with Crippen LogP contribution < -0.4 is 0 Å². The lowest BCUT2D eigenvalue weighted by Gasteiger charge is -1.88. The van der Waals surface area contributed by atoms with Gasteiger partial charge in [-0.05, 0) is 15.9 Å². The zero-order valence-electron chi connectivity index (χ0n) is 5.34. The van der Waals surface area contributed by atoms with Gasteiger partial charge in [-0.3, -0.25) is 0 Å². The van der Waals surface area contributed by atoms with E-state index in [1.807, 2.05) is 5.38 Å². The Balaban J connectivity index is 2.87. The molecule has 11 heavy (non-hydrogen) atoms. The topological polar surface area (TPSA) is 12.9 Å². The lowest BCUT2D eigenvalue weighted by Crippen LogP contribution is -1.77. The molecule has 0 atom stereocenters. The smallest absolute Gasteiger partial charge is 0.213 e. The Bertz CT molecular complexity index is 398. The van der Waals surface area contributed by atoms with Crippen LogP contribution in [0.4, 0.5) is 4.39 Å². The van der Waals surface area contributed by atoms with E-state index in [1.54, 1.807) is 17.5 Å². The zero-order chi connectivity index (χ0) is 7.84. The van der Waals surface area contributed by atoms with Gasteiger partial charge in [-0.2, -0.15) is 4.39 Å². The summed E-state index contributed by atoms with van der Waals surface area (Å²) in [6, 6.07) is 1.43. The maximum atomic E-state index is 12.6. The molecule has 0 saturated heterocycles. The van der Waals surface area contributed by atoms with Crippen molar-refractivity contribution in [1.82, 2.24) is 4.98 Å². The Hall–Kier alpha value is -0.480. The van der Waals surface area contributed by atoms with Crippen molar-refractivity contribution in [1.29, 1.82) is 0 Å². The van der Waals surface area contributed by atoms with Crippen LogP contribution in [0.1, 0.15) is 0 Å². The normalized spacial score (nSPS) is 10.7. The summed E-state index contributed by atoms with van der Waals surface area (Å²) in [4.78, 5) is 3.54. The molecule has 0 aliphatic carbocycles. The Morgan fingerprint density at radius 3 is 3.18 bits per heavy atom. The quantitative estimate of drug-likeness (QED) is 0.635. The van der Waals surface area contributed by atoms with E-state index in [4.69, 9.17) is 0 Å². The highest BCUT2D eigenvalue weighted by atomic mass is 79.9. The van der Waals surface area contributed by atoms with Crippen LogP contribution in [-0.2, 0) is 0 Å². The molecule has 4 heteroatoms. The van der Waals surface area contributed by atoms with Crippen molar-refractivity contribution in [3.05, 3.63) is 28.1 Å². The van der Waals surface area contributed by atoms with Crippen LogP contribution in [0.25, 0.3) is 10.1 Å². The highest BCUT2D eigenvalue weighted by molar-refractivity contribution is 9.10. The maximum absolute atomic E-state index is 12.6. The maximum Gasteiger partial charge on any atom is 0.213 e. The Morgan fingerprint density at radius 1 is 1.55 bits per heavy atom. The standard InChI is InChI=1S/C7H3BrFNS/c8-5-3-11-6-2-10-7(9)1-4(5)6/h1-3H. The van der Waals surface area contributed by atoms with Gasteiger partial charge in [0.1, 0.15) is 0 Å². The molecule has 0 unspecified atom stereocenters. The molecule has 0 aromatic carbocycles. The monoisotopic (exact) mass is 231 g/mol. The summed E-state index contributed by atoms with van der Waals surface area (Å²) in [5, 5.41) is 2.81. The molecule has 0 aliphatic rings. The molecule has 2 rings (SSSR count). The van der Waals surface area contributed by atoms with Crippen molar-refractivity contribution in [3.63, 3.8) is 0 Å².